The van der Waals surface area contributed by atoms with E-state index < -0.39 is 22.2 Å². The third kappa shape index (κ3) is 5.46. The van der Waals surface area contributed by atoms with Gasteiger partial charge in [-0.15, -0.1) is 6.58 Å². The Bertz CT molecular complexity index is 494. The van der Waals surface area contributed by atoms with Crippen LogP contribution in [0.5, 0.6) is 5.75 Å². The molecule has 0 amide bonds. The van der Waals surface area contributed by atoms with Crippen molar-refractivity contribution in [3.63, 3.8) is 0 Å². The zero-order valence-corrected chi connectivity index (χ0v) is 10.3. The fourth-order valence-electron chi connectivity index (χ4n) is 0.920. The van der Waals surface area contributed by atoms with Crippen molar-refractivity contribution in [2.24, 2.45) is 0 Å². The van der Waals surface area contributed by atoms with Crippen molar-refractivity contribution in [3.8, 4) is 5.75 Å². The first-order chi connectivity index (χ1) is 8.53. The van der Waals surface area contributed by atoms with E-state index in [-0.39, 0.29) is 12.4 Å². The molecule has 1 aromatic rings. The topological polar surface area (TPSA) is 78.9 Å². The van der Waals surface area contributed by atoms with E-state index in [1.54, 1.807) is 18.2 Å². The van der Waals surface area contributed by atoms with Crippen molar-refractivity contribution in [1.29, 1.82) is 0 Å². The number of carbonyl (C=O) groups excluding carboxylic acids is 1. The van der Waals surface area contributed by atoms with Crippen molar-refractivity contribution < 1.29 is 26.9 Å². The van der Waals surface area contributed by atoms with Gasteiger partial charge in [0.15, 0.2) is 0 Å². The summed E-state index contributed by atoms with van der Waals surface area (Å²) in [7, 11) is -3.93. The van der Waals surface area contributed by atoms with Crippen LogP contribution < -0.4 is 4.74 Å². The van der Waals surface area contributed by atoms with Gasteiger partial charge in [-0.25, -0.2) is 4.79 Å². The van der Waals surface area contributed by atoms with Gasteiger partial charge < -0.3 is 9.47 Å². The van der Waals surface area contributed by atoms with Crippen molar-refractivity contribution in [2.75, 3.05) is 12.5 Å². The molecule has 0 aliphatic heterocycles. The van der Waals surface area contributed by atoms with Gasteiger partial charge in [0.05, 0.1) is 6.61 Å². The second-order valence-corrected chi connectivity index (χ2v) is 4.64. The zero-order valence-electron chi connectivity index (χ0n) is 9.44. The van der Waals surface area contributed by atoms with E-state index in [1.807, 2.05) is 0 Å². The maximum atomic E-state index is 11.1. The molecule has 0 aromatic heterocycles. The standard InChI is InChI=1S/C11H12O6S/c1-2-8-16-18(13,14)9-15-11(12)17-10-6-4-3-5-7-10/h2-7H,1,8-9H2. The minimum absolute atomic E-state index is 0.181. The Morgan fingerprint density at radius 2 is 1.94 bits per heavy atom. The molecule has 0 fully saturated rings. The lowest BCUT2D eigenvalue weighted by Crippen LogP contribution is -2.19. The van der Waals surface area contributed by atoms with Crippen molar-refractivity contribution in [2.45, 2.75) is 0 Å². The number of hydrogen-bond donors (Lipinski definition) is 0. The zero-order chi connectivity index (χ0) is 13.4. The fourth-order valence-corrected chi connectivity index (χ4v) is 1.53. The molecule has 0 spiro atoms. The monoisotopic (exact) mass is 272 g/mol. The Labute approximate surface area is 105 Å². The summed E-state index contributed by atoms with van der Waals surface area (Å²) in [5, 5.41) is 0. The molecule has 18 heavy (non-hydrogen) atoms. The smallest absolute Gasteiger partial charge is 0.415 e. The highest BCUT2D eigenvalue weighted by Crippen LogP contribution is 2.09. The predicted octanol–water partition coefficient (Wildman–Crippen LogP) is 1.69. The molecule has 0 saturated carbocycles. The Kier molecular flexibility index (Phi) is 5.34. The van der Waals surface area contributed by atoms with Crippen molar-refractivity contribution >= 4 is 16.3 Å². The average Bonchev–Trinajstić information content (AvgIpc) is 2.36. The molecule has 0 N–H and O–H groups in total. The number of benzene rings is 1. The minimum Gasteiger partial charge on any atom is -0.415 e. The Balaban J connectivity index is 2.40. The summed E-state index contributed by atoms with van der Waals surface area (Å²) in [4.78, 5) is 11.1. The minimum atomic E-state index is -3.93. The quantitative estimate of drug-likeness (QED) is 0.339. The first-order valence-electron chi connectivity index (χ1n) is 4.91. The first-order valence-corrected chi connectivity index (χ1v) is 6.49. The summed E-state index contributed by atoms with van der Waals surface area (Å²) in [6.07, 6.45) is 0.145. The van der Waals surface area contributed by atoms with Crippen molar-refractivity contribution in [3.05, 3.63) is 43.0 Å². The molecule has 0 aliphatic carbocycles. The second kappa shape index (κ2) is 6.77. The molecule has 0 radical (unpaired) electrons. The molecule has 1 rings (SSSR count). The van der Waals surface area contributed by atoms with Crippen LogP contribution in [0, 0.1) is 0 Å². The summed E-state index contributed by atoms with van der Waals surface area (Å²) >= 11 is 0. The lowest BCUT2D eigenvalue weighted by molar-refractivity contribution is 0.111. The van der Waals surface area contributed by atoms with Gasteiger partial charge in [-0.05, 0) is 12.1 Å². The van der Waals surface area contributed by atoms with E-state index in [1.165, 1.54) is 18.2 Å². The first kappa shape index (κ1) is 14.2. The maximum Gasteiger partial charge on any atom is 0.514 e. The van der Waals surface area contributed by atoms with Crippen molar-refractivity contribution in [1.82, 2.24) is 0 Å². The third-order valence-corrected chi connectivity index (χ3v) is 2.53. The number of carbonyl (C=O) groups is 1. The molecule has 1 aromatic carbocycles. The van der Waals surface area contributed by atoms with E-state index in [4.69, 9.17) is 4.74 Å². The lowest BCUT2D eigenvalue weighted by atomic mass is 10.3. The van der Waals surface area contributed by atoms with Crippen LogP contribution in [0.4, 0.5) is 4.79 Å². The van der Waals surface area contributed by atoms with Crippen LogP contribution in [-0.2, 0) is 19.0 Å². The highest BCUT2D eigenvalue weighted by Gasteiger charge is 2.15. The van der Waals surface area contributed by atoms with Gasteiger partial charge in [-0.1, -0.05) is 24.3 Å². The highest BCUT2D eigenvalue weighted by molar-refractivity contribution is 7.86. The van der Waals surface area contributed by atoms with Crippen LogP contribution in [0.15, 0.2) is 43.0 Å². The highest BCUT2D eigenvalue weighted by atomic mass is 32.2. The normalized spacial score (nSPS) is 10.7. The summed E-state index contributed by atoms with van der Waals surface area (Å²) in [5.41, 5.74) is 0. The van der Waals surface area contributed by atoms with Gasteiger partial charge in [-0.3, -0.25) is 4.18 Å². The van der Waals surface area contributed by atoms with E-state index in [2.05, 4.69) is 15.5 Å². The molecule has 0 aliphatic rings. The van der Waals surface area contributed by atoms with Gasteiger partial charge in [-0.2, -0.15) is 8.42 Å². The van der Waals surface area contributed by atoms with E-state index in [9.17, 15) is 13.2 Å². The summed E-state index contributed by atoms with van der Waals surface area (Å²) in [6, 6.07) is 8.12. The van der Waals surface area contributed by atoms with Gasteiger partial charge in [0.25, 0.3) is 0 Å². The fraction of sp³-hybridized carbons (Fsp3) is 0.182. The SMILES string of the molecule is C=CCOS(=O)(=O)COC(=O)Oc1ccccc1. The largest absolute Gasteiger partial charge is 0.514 e. The van der Waals surface area contributed by atoms with Gasteiger partial charge in [0, 0.05) is 0 Å². The maximum absolute atomic E-state index is 11.1. The van der Waals surface area contributed by atoms with E-state index in [0.29, 0.717) is 0 Å². The molecular formula is C11H12O6S. The molecule has 6 nitrogen and oxygen atoms in total. The average molecular weight is 272 g/mol. The van der Waals surface area contributed by atoms with Crippen LogP contribution >= 0.6 is 0 Å². The molecule has 0 atom stereocenters. The summed E-state index contributed by atoms with van der Waals surface area (Å²) < 4.78 is 35.8. The van der Waals surface area contributed by atoms with Crippen LogP contribution in [0.2, 0.25) is 0 Å². The van der Waals surface area contributed by atoms with Crippen LogP contribution in [0.3, 0.4) is 0 Å². The van der Waals surface area contributed by atoms with Gasteiger partial charge in [0.1, 0.15) is 5.75 Å². The van der Waals surface area contributed by atoms with Gasteiger partial charge >= 0.3 is 16.3 Å². The molecule has 0 saturated heterocycles. The molecule has 98 valence electrons. The van der Waals surface area contributed by atoms with Crippen LogP contribution in [0.1, 0.15) is 0 Å². The lowest BCUT2D eigenvalue weighted by Gasteiger charge is -2.06. The molecular weight excluding hydrogens is 260 g/mol. The summed E-state index contributed by atoms with van der Waals surface area (Å²) in [6.45, 7) is 3.11. The Morgan fingerprint density at radius 3 is 2.56 bits per heavy atom. The van der Waals surface area contributed by atoms with E-state index >= 15 is 0 Å². The Hall–Kier alpha value is -1.86. The number of hydrogen-bond acceptors (Lipinski definition) is 6. The molecule has 0 bridgehead atoms. The van der Waals surface area contributed by atoms with Crippen LogP contribution in [-0.4, -0.2) is 27.1 Å². The number of para-hydroxylation sites is 1. The third-order valence-electron chi connectivity index (χ3n) is 1.63. The van der Waals surface area contributed by atoms with Gasteiger partial charge in [0.2, 0.25) is 5.94 Å². The number of ether oxygens (including phenoxy) is 2. The summed E-state index contributed by atoms with van der Waals surface area (Å²) in [5.74, 6) is -0.654. The molecule has 7 heteroatoms. The molecule has 0 unspecified atom stereocenters. The Morgan fingerprint density at radius 1 is 1.28 bits per heavy atom. The second-order valence-electron chi connectivity index (χ2n) is 3.06. The number of rotatable bonds is 6. The molecule has 0 heterocycles. The predicted molar refractivity (Wildman–Crippen MR) is 63.5 cm³/mol. The van der Waals surface area contributed by atoms with Crippen LogP contribution in [0.25, 0.3) is 0 Å². The van der Waals surface area contributed by atoms with E-state index in [0.717, 1.165) is 0 Å².